The molecule has 0 N–H and O–H groups in total. The summed E-state index contributed by atoms with van der Waals surface area (Å²) in [5.74, 6) is 1.18. The van der Waals surface area contributed by atoms with E-state index in [9.17, 15) is 4.79 Å². The number of carbonyl (C=O) groups excluding carboxylic acids is 1. The lowest BCUT2D eigenvalue weighted by Crippen LogP contribution is -2.12. The second kappa shape index (κ2) is 5.49. The van der Waals surface area contributed by atoms with Crippen LogP contribution in [0.4, 0.5) is 0 Å². The van der Waals surface area contributed by atoms with Crippen LogP contribution < -0.4 is 4.74 Å². The molecule has 0 saturated heterocycles. The molecule has 0 fully saturated rings. The third-order valence-electron chi connectivity index (χ3n) is 4.03. The first kappa shape index (κ1) is 12.9. The first-order chi connectivity index (χ1) is 9.78. The van der Waals surface area contributed by atoms with Crippen LogP contribution in [-0.2, 0) is 17.6 Å². The molecule has 0 saturated carbocycles. The number of fused-ring (bicyclic) bond motifs is 1. The van der Waals surface area contributed by atoms with Crippen molar-refractivity contribution in [1.82, 2.24) is 0 Å². The fourth-order valence-corrected chi connectivity index (χ4v) is 3.00. The normalized spacial score (nSPS) is 16.8. The lowest BCUT2D eigenvalue weighted by atomic mass is 9.92. The third-order valence-corrected chi connectivity index (χ3v) is 4.03. The molecule has 0 spiro atoms. The summed E-state index contributed by atoms with van der Waals surface area (Å²) in [6, 6.07) is 16.1. The SMILES string of the molecule is COc1cccc(CC(=O)C2CCc3ccccc32)c1. The van der Waals surface area contributed by atoms with E-state index in [1.165, 1.54) is 11.1 Å². The number of benzene rings is 2. The van der Waals surface area contributed by atoms with Gasteiger partial charge in [0, 0.05) is 12.3 Å². The Morgan fingerprint density at radius 1 is 1.20 bits per heavy atom. The number of hydrogen-bond donors (Lipinski definition) is 0. The van der Waals surface area contributed by atoms with Gasteiger partial charge in [0.2, 0.25) is 0 Å². The third kappa shape index (κ3) is 2.46. The van der Waals surface area contributed by atoms with Gasteiger partial charge < -0.3 is 4.74 Å². The summed E-state index contributed by atoms with van der Waals surface area (Å²) in [5, 5.41) is 0. The summed E-state index contributed by atoms with van der Waals surface area (Å²) in [7, 11) is 1.65. The summed E-state index contributed by atoms with van der Waals surface area (Å²) in [5.41, 5.74) is 3.58. The van der Waals surface area contributed by atoms with Crippen LogP contribution in [0.25, 0.3) is 0 Å². The quantitative estimate of drug-likeness (QED) is 0.846. The molecule has 2 aromatic rings. The Balaban J connectivity index is 1.77. The number of carbonyl (C=O) groups is 1. The minimum atomic E-state index is 0.0670. The Morgan fingerprint density at radius 2 is 2.05 bits per heavy atom. The van der Waals surface area contributed by atoms with Gasteiger partial charge >= 0.3 is 0 Å². The van der Waals surface area contributed by atoms with Crippen molar-refractivity contribution in [2.24, 2.45) is 0 Å². The molecular formula is C18H18O2. The lowest BCUT2D eigenvalue weighted by molar-refractivity contribution is -0.119. The number of rotatable bonds is 4. The first-order valence-electron chi connectivity index (χ1n) is 7.01. The highest BCUT2D eigenvalue weighted by Crippen LogP contribution is 2.34. The molecule has 0 amide bonds. The van der Waals surface area contributed by atoms with E-state index in [1.807, 2.05) is 36.4 Å². The molecule has 1 aliphatic rings. The molecule has 0 heterocycles. The fraction of sp³-hybridized carbons (Fsp3) is 0.278. The van der Waals surface area contributed by atoms with Gasteiger partial charge in [0.05, 0.1) is 7.11 Å². The molecule has 20 heavy (non-hydrogen) atoms. The van der Waals surface area contributed by atoms with Crippen molar-refractivity contribution in [3.05, 3.63) is 65.2 Å². The van der Waals surface area contributed by atoms with E-state index >= 15 is 0 Å². The van der Waals surface area contributed by atoms with E-state index in [-0.39, 0.29) is 5.92 Å². The zero-order valence-electron chi connectivity index (χ0n) is 11.6. The van der Waals surface area contributed by atoms with Crippen molar-refractivity contribution in [1.29, 1.82) is 0 Å². The largest absolute Gasteiger partial charge is 0.497 e. The van der Waals surface area contributed by atoms with Crippen molar-refractivity contribution in [3.63, 3.8) is 0 Å². The Hall–Kier alpha value is -2.09. The van der Waals surface area contributed by atoms with E-state index in [4.69, 9.17) is 4.74 Å². The van der Waals surface area contributed by atoms with Crippen LogP contribution in [-0.4, -0.2) is 12.9 Å². The number of ether oxygens (including phenoxy) is 1. The standard InChI is InChI=1S/C18H18O2/c1-20-15-7-4-5-13(11-15)12-18(19)17-10-9-14-6-2-3-8-16(14)17/h2-8,11,17H,9-10,12H2,1H3. The van der Waals surface area contributed by atoms with E-state index in [0.717, 1.165) is 24.2 Å². The van der Waals surface area contributed by atoms with Gasteiger partial charge in [-0.3, -0.25) is 4.79 Å². The zero-order chi connectivity index (χ0) is 13.9. The van der Waals surface area contributed by atoms with Gasteiger partial charge in [0.25, 0.3) is 0 Å². The molecule has 1 unspecified atom stereocenters. The summed E-state index contributed by atoms with van der Waals surface area (Å²) >= 11 is 0. The van der Waals surface area contributed by atoms with Crippen molar-refractivity contribution >= 4 is 5.78 Å². The van der Waals surface area contributed by atoms with Crippen LogP contribution >= 0.6 is 0 Å². The molecule has 0 radical (unpaired) electrons. The molecular weight excluding hydrogens is 248 g/mol. The average Bonchev–Trinajstić information content (AvgIpc) is 2.91. The van der Waals surface area contributed by atoms with E-state index in [2.05, 4.69) is 12.1 Å². The molecule has 2 nitrogen and oxygen atoms in total. The molecule has 2 heteroatoms. The predicted octanol–water partition coefficient (Wildman–Crippen LogP) is 3.54. The van der Waals surface area contributed by atoms with E-state index < -0.39 is 0 Å². The first-order valence-corrected chi connectivity index (χ1v) is 7.01. The minimum Gasteiger partial charge on any atom is -0.497 e. The van der Waals surface area contributed by atoms with Crippen LogP contribution in [0.15, 0.2) is 48.5 Å². The van der Waals surface area contributed by atoms with Gasteiger partial charge in [-0.05, 0) is 41.7 Å². The fourth-order valence-electron chi connectivity index (χ4n) is 3.00. The van der Waals surface area contributed by atoms with Gasteiger partial charge in [0.1, 0.15) is 11.5 Å². The van der Waals surface area contributed by atoms with Crippen molar-refractivity contribution in [2.75, 3.05) is 7.11 Å². The number of ketones is 1. The Bertz CT molecular complexity index is 631. The van der Waals surface area contributed by atoms with E-state index in [1.54, 1.807) is 7.11 Å². The Morgan fingerprint density at radius 3 is 2.90 bits per heavy atom. The van der Waals surface area contributed by atoms with Crippen LogP contribution in [0.3, 0.4) is 0 Å². The van der Waals surface area contributed by atoms with E-state index in [0.29, 0.717) is 12.2 Å². The number of hydrogen-bond acceptors (Lipinski definition) is 2. The van der Waals surface area contributed by atoms with Crippen molar-refractivity contribution < 1.29 is 9.53 Å². The summed E-state index contributed by atoms with van der Waals surface area (Å²) < 4.78 is 5.21. The Labute approximate surface area is 119 Å². The maximum Gasteiger partial charge on any atom is 0.144 e. The lowest BCUT2D eigenvalue weighted by Gasteiger charge is -2.11. The van der Waals surface area contributed by atoms with Gasteiger partial charge in [-0.1, -0.05) is 36.4 Å². The second-order valence-corrected chi connectivity index (χ2v) is 5.28. The zero-order valence-corrected chi connectivity index (χ0v) is 11.6. The van der Waals surface area contributed by atoms with Gasteiger partial charge in [-0.2, -0.15) is 0 Å². The highest BCUT2D eigenvalue weighted by atomic mass is 16.5. The molecule has 1 atom stereocenters. The average molecular weight is 266 g/mol. The van der Waals surface area contributed by atoms with Crippen LogP contribution in [0, 0.1) is 0 Å². The second-order valence-electron chi connectivity index (χ2n) is 5.28. The van der Waals surface area contributed by atoms with Crippen LogP contribution in [0.2, 0.25) is 0 Å². The molecule has 1 aliphatic carbocycles. The molecule has 2 aromatic carbocycles. The minimum absolute atomic E-state index is 0.0670. The number of methoxy groups -OCH3 is 1. The maximum absolute atomic E-state index is 12.5. The van der Waals surface area contributed by atoms with Crippen molar-refractivity contribution in [3.8, 4) is 5.75 Å². The highest BCUT2D eigenvalue weighted by molar-refractivity contribution is 5.88. The molecule has 0 aromatic heterocycles. The van der Waals surface area contributed by atoms with Gasteiger partial charge in [-0.15, -0.1) is 0 Å². The smallest absolute Gasteiger partial charge is 0.144 e. The topological polar surface area (TPSA) is 26.3 Å². The molecule has 3 rings (SSSR count). The summed E-state index contributed by atoms with van der Waals surface area (Å²) in [6.07, 6.45) is 2.45. The van der Waals surface area contributed by atoms with Crippen LogP contribution in [0.1, 0.15) is 29.0 Å². The van der Waals surface area contributed by atoms with Crippen molar-refractivity contribution in [2.45, 2.75) is 25.2 Å². The predicted molar refractivity (Wildman–Crippen MR) is 79.2 cm³/mol. The van der Waals surface area contributed by atoms with Gasteiger partial charge in [0.15, 0.2) is 0 Å². The summed E-state index contributed by atoms with van der Waals surface area (Å²) in [4.78, 5) is 12.5. The van der Waals surface area contributed by atoms with Crippen LogP contribution in [0.5, 0.6) is 5.75 Å². The maximum atomic E-state index is 12.5. The van der Waals surface area contributed by atoms with Gasteiger partial charge in [-0.25, -0.2) is 0 Å². The summed E-state index contributed by atoms with van der Waals surface area (Å²) in [6.45, 7) is 0. The molecule has 0 aliphatic heterocycles. The molecule has 0 bridgehead atoms. The number of aryl methyl sites for hydroxylation is 1. The molecule has 102 valence electrons. The Kier molecular flexibility index (Phi) is 3.55. The highest BCUT2D eigenvalue weighted by Gasteiger charge is 2.27. The monoisotopic (exact) mass is 266 g/mol. The number of Topliss-reactive ketones (excluding diaryl/α,β-unsaturated/α-hetero) is 1.